The average Bonchev–Trinajstić information content (AvgIpc) is 2.56. The zero-order chi connectivity index (χ0) is 17.7. The van der Waals surface area contributed by atoms with E-state index in [4.69, 9.17) is 0 Å². The lowest BCUT2D eigenvalue weighted by Gasteiger charge is -2.41. The van der Waals surface area contributed by atoms with Gasteiger partial charge in [-0.05, 0) is 38.1 Å². The molecule has 24 heavy (non-hydrogen) atoms. The van der Waals surface area contributed by atoms with Crippen LogP contribution in [0.3, 0.4) is 0 Å². The van der Waals surface area contributed by atoms with E-state index in [0.717, 1.165) is 17.7 Å². The van der Waals surface area contributed by atoms with Crippen molar-refractivity contribution in [2.24, 2.45) is 5.92 Å². The standard InChI is InChI=1S/C21H26BrNO/c1-16(15-23(3)4)21(20(24)17(2)22,18-11-7-5-8-12-18)19-13-9-6-10-14-19/h5-14,16-17H,15H2,1-4H3. The van der Waals surface area contributed by atoms with Crippen LogP contribution in [0, 0.1) is 5.92 Å². The zero-order valence-electron chi connectivity index (χ0n) is 14.9. The van der Waals surface area contributed by atoms with E-state index in [2.05, 4.69) is 66.1 Å². The molecule has 0 saturated carbocycles. The second-order valence-electron chi connectivity index (χ2n) is 6.68. The molecule has 2 rings (SSSR count). The van der Waals surface area contributed by atoms with Crippen molar-refractivity contribution in [3.63, 3.8) is 0 Å². The van der Waals surface area contributed by atoms with Crippen LogP contribution in [0.25, 0.3) is 0 Å². The maximum absolute atomic E-state index is 13.5. The largest absolute Gasteiger partial charge is 0.309 e. The summed E-state index contributed by atoms with van der Waals surface area (Å²) in [5.41, 5.74) is 1.44. The zero-order valence-corrected chi connectivity index (χ0v) is 16.5. The molecule has 0 aliphatic carbocycles. The third-order valence-electron chi connectivity index (χ3n) is 4.59. The summed E-state index contributed by atoms with van der Waals surface area (Å²) in [5.74, 6) is 0.332. The van der Waals surface area contributed by atoms with Crippen molar-refractivity contribution >= 4 is 21.7 Å². The van der Waals surface area contributed by atoms with Crippen molar-refractivity contribution in [2.75, 3.05) is 20.6 Å². The number of halogens is 1. The normalized spacial score (nSPS) is 14.4. The fourth-order valence-electron chi connectivity index (χ4n) is 3.66. The highest BCUT2D eigenvalue weighted by Crippen LogP contribution is 2.42. The first-order chi connectivity index (χ1) is 11.4. The second-order valence-corrected chi connectivity index (χ2v) is 8.06. The molecule has 0 aromatic heterocycles. The summed E-state index contributed by atoms with van der Waals surface area (Å²) in [5, 5.41) is 0. The van der Waals surface area contributed by atoms with Crippen molar-refractivity contribution in [1.29, 1.82) is 0 Å². The molecule has 2 aromatic carbocycles. The van der Waals surface area contributed by atoms with E-state index in [-0.39, 0.29) is 16.5 Å². The summed E-state index contributed by atoms with van der Waals surface area (Å²) < 4.78 is 0. The SMILES string of the molecule is CC(Br)C(=O)C(c1ccccc1)(c1ccccc1)C(C)CN(C)C. The molecule has 128 valence electrons. The second kappa shape index (κ2) is 8.09. The lowest BCUT2D eigenvalue weighted by atomic mass is 9.63. The number of hydrogen-bond donors (Lipinski definition) is 0. The van der Waals surface area contributed by atoms with Gasteiger partial charge in [-0.1, -0.05) is 83.5 Å². The third-order valence-corrected chi connectivity index (χ3v) is 5.00. The van der Waals surface area contributed by atoms with Crippen LogP contribution < -0.4 is 0 Å². The Hall–Kier alpha value is -1.45. The van der Waals surface area contributed by atoms with E-state index in [1.807, 2.05) is 43.3 Å². The smallest absolute Gasteiger partial charge is 0.161 e. The van der Waals surface area contributed by atoms with Gasteiger partial charge in [0.05, 0.1) is 10.2 Å². The maximum atomic E-state index is 13.5. The molecular formula is C21H26BrNO. The monoisotopic (exact) mass is 387 g/mol. The number of benzene rings is 2. The lowest BCUT2D eigenvalue weighted by molar-refractivity contribution is -0.124. The number of hydrogen-bond acceptors (Lipinski definition) is 2. The van der Waals surface area contributed by atoms with Gasteiger partial charge in [0.2, 0.25) is 0 Å². The molecule has 3 heteroatoms. The molecule has 0 N–H and O–H groups in total. The molecule has 0 saturated heterocycles. The highest BCUT2D eigenvalue weighted by atomic mass is 79.9. The molecule has 0 aliphatic rings. The third kappa shape index (κ3) is 3.62. The Balaban J connectivity index is 2.75. The van der Waals surface area contributed by atoms with Crippen LogP contribution in [-0.4, -0.2) is 36.2 Å². The fraction of sp³-hybridized carbons (Fsp3) is 0.381. The quantitative estimate of drug-likeness (QED) is 0.650. The van der Waals surface area contributed by atoms with Crippen molar-refractivity contribution < 1.29 is 4.79 Å². The summed E-state index contributed by atoms with van der Waals surface area (Å²) in [6.07, 6.45) is 0. The molecule has 0 bridgehead atoms. The molecule has 0 heterocycles. The van der Waals surface area contributed by atoms with Gasteiger partial charge in [-0.15, -0.1) is 0 Å². The summed E-state index contributed by atoms with van der Waals surface area (Å²) in [6.45, 7) is 4.92. The van der Waals surface area contributed by atoms with Gasteiger partial charge in [-0.25, -0.2) is 0 Å². The van der Waals surface area contributed by atoms with Crippen LogP contribution in [0.2, 0.25) is 0 Å². The molecule has 2 nitrogen and oxygen atoms in total. The van der Waals surface area contributed by atoms with Gasteiger partial charge in [-0.3, -0.25) is 4.79 Å². The summed E-state index contributed by atoms with van der Waals surface area (Å²) in [6, 6.07) is 20.4. The molecule has 0 aliphatic heterocycles. The highest BCUT2D eigenvalue weighted by Gasteiger charge is 2.47. The maximum Gasteiger partial charge on any atom is 0.161 e. The predicted molar refractivity (Wildman–Crippen MR) is 105 cm³/mol. The first-order valence-corrected chi connectivity index (χ1v) is 9.26. The number of nitrogens with zero attached hydrogens (tertiary/aromatic N) is 1. The van der Waals surface area contributed by atoms with Gasteiger partial charge in [-0.2, -0.15) is 0 Å². The fourth-order valence-corrected chi connectivity index (χ4v) is 4.02. The molecule has 0 amide bonds. The van der Waals surface area contributed by atoms with E-state index in [0.29, 0.717) is 0 Å². The van der Waals surface area contributed by atoms with Gasteiger partial charge < -0.3 is 4.90 Å². The van der Waals surface area contributed by atoms with Gasteiger partial charge in [0, 0.05) is 6.54 Å². The Kier molecular flexibility index (Phi) is 6.36. The number of rotatable bonds is 7. The van der Waals surface area contributed by atoms with Gasteiger partial charge in [0.15, 0.2) is 5.78 Å². The minimum absolute atomic E-state index is 0.129. The van der Waals surface area contributed by atoms with E-state index in [9.17, 15) is 4.79 Å². The molecule has 0 radical (unpaired) electrons. The first kappa shape index (κ1) is 18.9. The predicted octanol–water partition coefficient (Wildman–Crippen LogP) is 4.52. The number of ketones is 1. The summed E-state index contributed by atoms with van der Waals surface area (Å²) >= 11 is 3.54. The van der Waals surface area contributed by atoms with Crippen molar-refractivity contribution in [3.8, 4) is 0 Å². The van der Waals surface area contributed by atoms with E-state index in [1.54, 1.807) is 0 Å². The molecule has 0 spiro atoms. The van der Waals surface area contributed by atoms with Crippen LogP contribution in [-0.2, 0) is 10.2 Å². The van der Waals surface area contributed by atoms with Crippen LogP contribution in [0.5, 0.6) is 0 Å². The Morgan fingerprint density at radius 1 is 0.958 bits per heavy atom. The van der Waals surface area contributed by atoms with Crippen molar-refractivity contribution in [1.82, 2.24) is 4.90 Å². The Morgan fingerprint density at radius 3 is 1.71 bits per heavy atom. The molecular weight excluding hydrogens is 362 g/mol. The van der Waals surface area contributed by atoms with Gasteiger partial charge in [0.1, 0.15) is 0 Å². The Morgan fingerprint density at radius 2 is 1.38 bits per heavy atom. The topological polar surface area (TPSA) is 20.3 Å². The van der Waals surface area contributed by atoms with Crippen molar-refractivity contribution in [2.45, 2.75) is 24.1 Å². The number of alkyl halides is 1. The van der Waals surface area contributed by atoms with E-state index < -0.39 is 5.41 Å². The number of carbonyl (C=O) groups is 1. The van der Waals surface area contributed by atoms with Crippen LogP contribution in [0.1, 0.15) is 25.0 Å². The summed E-state index contributed by atoms with van der Waals surface area (Å²) in [4.78, 5) is 15.5. The van der Waals surface area contributed by atoms with Crippen molar-refractivity contribution in [3.05, 3.63) is 71.8 Å². The van der Waals surface area contributed by atoms with Gasteiger partial charge in [0.25, 0.3) is 0 Å². The van der Waals surface area contributed by atoms with Crippen LogP contribution in [0.15, 0.2) is 60.7 Å². The highest BCUT2D eigenvalue weighted by molar-refractivity contribution is 9.10. The summed E-state index contributed by atoms with van der Waals surface area (Å²) in [7, 11) is 4.11. The number of Topliss-reactive ketones (excluding diaryl/α,β-unsaturated/α-hetero) is 1. The Labute approximate surface area is 154 Å². The Bertz CT molecular complexity index is 613. The molecule has 2 atom stereocenters. The minimum atomic E-state index is -0.671. The minimum Gasteiger partial charge on any atom is -0.309 e. The lowest BCUT2D eigenvalue weighted by Crippen LogP contribution is -2.49. The number of carbonyl (C=O) groups excluding carboxylic acids is 1. The van der Waals surface area contributed by atoms with E-state index in [1.165, 1.54) is 0 Å². The molecule has 2 aromatic rings. The van der Waals surface area contributed by atoms with E-state index >= 15 is 0 Å². The van der Waals surface area contributed by atoms with Crippen LogP contribution in [0.4, 0.5) is 0 Å². The molecule has 2 unspecified atom stereocenters. The first-order valence-electron chi connectivity index (χ1n) is 8.34. The van der Waals surface area contributed by atoms with Gasteiger partial charge >= 0.3 is 0 Å². The average molecular weight is 388 g/mol. The molecule has 0 fully saturated rings. The van der Waals surface area contributed by atoms with Crippen LogP contribution >= 0.6 is 15.9 Å².